The van der Waals surface area contributed by atoms with E-state index in [-0.39, 0.29) is 0 Å². The van der Waals surface area contributed by atoms with E-state index in [0.717, 1.165) is 42.9 Å². The van der Waals surface area contributed by atoms with E-state index in [1.54, 1.807) is 0 Å². The summed E-state index contributed by atoms with van der Waals surface area (Å²) >= 11 is 0. The fraction of sp³-hybridized carbons (Fsp3) is 0.733. The maximum Gasteiger partial charge on any atom is 0.136 e. The number of anilines is 2. The first kappa shape index (κ1) is 12.7. The van der Waals surface area contributed by atoms with Crippen LogP contribution < -0.4 is 10.6 Å². The third-order valence-corrected chi connectivity index (χ3v) is 4.04. The maximum atomic E-state index is 4.67. The lowest BCUT2D eigenvalue weighted by Crippen LogP contribution is -2.21. The van der Waals surface area contributed by atoms with Crippen molar-refractivity contribution in [1.82, 2.24) is 9.97 Å². The molecule has 104 valence electrons. The van der Waals surface area contributed by atoms with Crippen LogP contribution in [0.2, 0.25) is 0 Å². The van der Waals surface area contributed by atoms with Crippen LogP contribution in [0.15, 0.2) is 6.07 Å². The highest BCUT2D eigenvalue weighted by Gasteiger charge is 2.27. The van der Waals surface area contributed by atoms with Gasteiger partial charge in [0.2, 0.25) is 0 Å². The first-order valence-corrected chi connectivity index (χ1v) is 7.72. The Morgan fingerprint density at radius 3 is 2.42 bits per heavy atom. The molecule has 2 saturated carbocycles. The van der Waals surface area contributed by atoms with Crippen molar-refractivity contribution in [3.8, 4) is 0 Å². The Balaban J connectivity index is 1.67. The van der Waals surface area contributed by atoms with Gasteiger partial charge in [0.1, 0.15) is 17.5 Å². The molecule has 0 bridgehead atoms. The Hall–Kier alpha value is -1.32. The van der Waals surface area contributed by atoms with Crippen LogP contribution in [0, 0.1) is 5.92 Å². The molecule has 1 aromatic heterocycles. The monoisotopic (exact) mass is 260 g/mol. The fourth-order valence-electron chi connectivity index (χ4n) is 2.37. The lowest BCUT2D eigenvalue weighted by atomic mass is 9.85. The summed E-state index contributed by atoms with van der Waals surface area (Å²) in [4.78, 5) is 9.30. The van der Waals surface area contributed by atoms with Crippen LogP contribution in [0.4, 0.5) is 11.6 Å². The van der Waals surface area contributed by atoms with Crippen molar-refractivity contribution in [2.75, 3.05) is 23.7 Å². The summed E-state index contributed by atoms with van der Waals surface area (Å²) in [6.07, 6.45) is 7.75. The number of nitrogens with zero attached hydrogens (tertiary/aromatic N) is 2. The van der Waals surface area contributed by atoms with Gasteiger partial charge in [-0.05, 0) is 38.0 Å². The summed E-state index contributed by atoms with van der Waals surface area (Å²) in [7, 11) is 0. The van der Waals surface area contributed by atoms with Gasteiger partial charge in [-0.25, -0.2) is 9.97 Å². The van der Waals surface area contributed by atoms with Crippen LogP contribution in [0.1, 0.15) is 57.2 Å². The minimum Gasteiger partial charge on any atom is -0.370 e. The van der Waals surface area contributed by atoms with E-state index < -0.39 is 0 Å². The van der Waals surface area contributed by atoms with Gasteiger partial charge in [0, 0.05) is 25.1 Å². The fourth-order valence-corrected chi connectivity index (χ4v) is 2.37. The normalized spacial score (nSPS) is 19.0. The zero-order valence-corrected chi connectivity index (χ0v) is 11.8. The van der Waals surface area contributed by atoms with Crippen molar-refractivity contribution >= 4 is 11.6 Å². The van der Waals surface area contributed by atoms with E-state index >= 15 is 0 Å². The van der Waals surface area contributed by atoms with Gasteiger partial charge in [-0.15, -0.1) is 0 Å². The molecule has 1 aromatic rings. The van der Waals surface area contributed by atoms with Crippen molar-refractivity contribution in [3.63, 3.8) is 0 Å². The number of aromatic nitrogens is 2. The smallest absolute Gasteiger partial charge is 0.136 e. The Morgan fingerprint density at radius 1 is 1.11 bits per heavy atom. The van der Waals surface area contributed by atoms with E-state index in [2.05, 4.69) is 33.6 Å². The number of hydrogen-bond acceptors (Lipinski definition) is 4. The minimum absolute atomic E-state index is 0.604. The standard InChI is InChI=1S/C15H24N4/c1-2-8-16-13-9-14(17-10-11-4-3-5-11)19-15(18-13)12-6-7-12/h9,11-12H,2-8,10H2,1H3,(H2,16,17,18,19). The van der Waals surface area contributed by atoms with E-state index in [0.29, 0.717) is 5.92 Å². The van der Waals surface area contributed by atoms with Crippen molar-refractivity contribution in [2.24, 2.45) is 5.92 Å². The Labute approximate surface area is 115 Å². The highest BCUT2D eigenvalue weighted by atomic mass is 15.1. The van der Waals surface area contributed by atoms with Crippen LogP contribution in [0.3, 0.4) is 0 Å². The topological polar surface area (TPSA) is 49.8 Å². The minimum atomic E-state index is 0.604. The average molecular weight is 260 g/mol. The number of rotatable bonds is 7. The summed E-state index contributed by atoms with van der Waals surface area (Å²) in [6.45, 7) is 4.21. The molecule has 0 saturated heterocycles. The largest absolute Gasteiger partial charge is 0.370 e. The van der Waals surface area contributed by atoms with E-state index in [4.69, 9.17) is 0 Å². The lowest BCUT2D eigenvalue weighted by molar-refractivity contribution is 0.333. The molecule has 0 aromatic carbocycles. The zero-order chi connectivity index (χ0) is 13.1. The molecule has 0 amide bonds. The van der Waals surface area contributed by atoms with Crippen LogP contribution >= 0.6 is 0 Å². The van der Waals surface area contributed by atoms with E-state index in [9.17, 15) is 0 Å². The van der Waals surface area contributed by atoms with Gasteiger partial charge in [-0.3, -0.25) is 0 Å². The molecule has 4 heteroatoms. The van der Waals surface area contributed by atoms with Gasteiger partial charge in [0.15, 0.2) is 0 Å². The van der Waals surface area contributed by atoms with Crippen molar-refractivity contribution in [2.45, 2.75) is 51.4 Å². The molecule has 19 heavy (non-hydrogen) atoms. The third-order valence-electron chi connectivity index (χ3n) is 4.04. The van der Waals surface area contributed by atoms with Crippen LogP contribution in [0.25, 0.3) is 0 Å². The molecule has 2 aliphatic rings. The highest BCUT2D eigenvalue weighted by Crippen LogP contribution is 2.39. The number of hydrogen-bond donors (Lipinski definition) is 2. The molecule has 0 radical (unpaired) electrons. The second kappa shape index (κ2) is 5.76. The van der Waals surface area contributed by atoms with Crippen molar-refractivity contribution in [1.29, 1.82) is 0 Å². The third kappa shape index (κ3) is 3.37. The second-order valence-corrected chi connectivity index (χ2v) is 5.88. The molecule has 0 atom stereocenters. The Morgan fingerprint density at radius 2 is 1.84 bits per heavy atom. The second-order valence-electron chi connectivity index (χ2n) is 5.88. The Bertz CT molecular complexity index is 424. The summed E-state index contributed by atoms with van der Waals surface area (Å²) in [5.41, 5.74) is 0. The van der Waals surface area contributed by atoms with Gasteiger partial charge < -0.3 is 10.6 Å². The first-order valence-electron chi connectivity index (χ1n) is 7.72. The van der Waals surface area contributed by atoms with Gasteiger partial charge in [-0.2, -0.15) is 0 Å². The van der Waals surface area contributed by atoms with Crippen LogP contribution in [0.5, 0.6) is 0 Å². The van der Waals surface area contributed by atoms with Crippen molar-refractivity contribution < 1.29 is 0 Å². The predicted octanol–water partition coefficient (Wildman–Crippen LogP) is 3.39. The SMILES string of the molecule is CCCNc1cc(NCC2CCC2)nc(C2CC2)n1. The first-order chi connectivity index (χ1) is 9.35. The molecule has 0 aliphatic heterocycles. The zero-order valence-electron chi connectivity index (χ0n) is 11.8. The summed E-state index contributed by atoms with van der Waals surface area (Å²) < 4.78 is 0. The predicted molar refractivity (Wildman–Crippen MR) is 78.6 cm³/mol. The van der Waals surface area contributed by atoms with Crippen LogP contribution in [-0.4, -0.2) is 23.1 Å². The molecular formula is C15H24N4. The molecule has 2 N–H and O–H groups in total. The molecular weight excluding hydrogens is 236 g/mol. The Kier molecular flexibility index (Phi) is 3.85. The summed E-state index contributed by atoms with van der Waals surface area (Å²) in [6, 6.07) is 2.06. The molecule has 3 rings (SSSR count). The van der Waals surface area contributed by atoms with Gasteiger partial charge >= 0.3 is 0 Å². The average Bonchev–Trinajstić information content (AvgIpc) is 3.18. The van der Waals surface area contributed by atoms with Gasteiger partial charge in [0.05, 0.1) is 0 Å². The molecule has 1 heterocycles. The summed E-state index contributed by atoms with van der Waals surface area (Å²) in [5, 5.41) is 6.88. The van der Waals surface area contributed by atoms with E-state index in [1.165, 1.54) is 32.1 Å². The quantitative estimate of drug-likeness (QED) is 0.789. The number of nitrogens with one attached hydrogen (secondary N) is 2. The van der Waals surface area contributed by atoms with Crippen molar-refractivity contribution in [3.05, 3.63) is 11.9 Å². The molecule has 4 nitrogen and oxygen atoms in total. The lowest BCUT2D eigenvalue weighted by Gasteiger charge is -2.25. The molecule has 0 spiro atoms. The molecule has 2 aliphatic carbocycles. The van der Waals surface area contributed by atoms with E-state index in [1.807, 2.05) is 0 Å². The summed E-state index contributed by atoms with van der Waals surface area (Å²) in [5.74, 6) is 4.47. The maximum absolute atomic E-state index is 4.67. The highest BCUT2D eigenvalue weighted by molar-refractivity contribution is 5.48. The molecule has 2 fully saturated rings. The van der Waals surface area contributed by atoms with Crippen LogP contribution in [-0.2, 0) is 0 Å². The molecule has 0 unspecified atom stereocenters. The van der Waals surface area contributed by atoms with Gasteiger partial charge in [0.25, 0.3) is 0 Å². The van der Waals surface area contributed by atoms with Gasteiger partial charge in [-0.1, -0.05) is 13.3 Å².